The highest BCUT2D eigenvalue weighted by Gasteiger charge is 2.40. The van der Waals surface area contributed by atoms with Crippen LogP contribution in [0.5, 0.6) is 0 Å². The summed E-state index contributed by atoms with van der Waals surface area (Å²) >= 11 is 0. The van der Waals surface area contributed by atoms with E-state index in [0.717, 1.165) is 19.3 Å². The third-order valence-corrected chi connectivity index (χ3v) is 3.75. The molecule has 80 valence electrons. The third kappa shape index (κ3) is 2.17. The Morgan fingerprint density at radius 2 is 2.07 bits per heavy atom. The van der Waals surface area contributed by atoms with Crippen molar-refractivity contribution in [2.75, 3.05) is 0 Å². The van der Waals surface area contributed by atoms with Gasteiger partial charge in [0.2, 0.25) is 0 Å². The SMILES string of the molecule is CC1(C)CC=CC1(C)CCCC(=O)O. The van der Waals surface area contributed by atoms with E-state index in [9.17, 15) is 4.79 Å². The van der Waals surface area contributed by atoms with Crippen LogP contribution in [-0.2, 0) is 4.79 Å². The van der Waals surface area contributed by atoms with Gasteiger partial charge in [0.1, 0.15) is 0 Å². The molecule has 0 radical (unpaired) electrons. The molecule has 0 heterocycles. The molecule has 14 heavy (non-hydrogen) atoms. The molecule has 1 unspecified atom stereocenters. The first-order valence-corrected chi connectivity index (χ1v) is 5.27. The van der Waals surface area contributed by atoms with Gasteiger partial charge in [-0.15, -0.1) is 0 Å². The average Bonchev–Trinajstić information content (AvgIpc) is 2.26. The quantitative estimate of drug-likeness (QED) is 0.701. The van der Waals surface area contributed by atoms with Gasteiger partial charge in [-0.05, 0) is 30.1 Å². The zero-order valence-corrected chi connectivity index (χ0v) is 9.34. The molecule has 0 spiro atoms. The predicted molar refractivity (Wildman–Crippen MR) is 57.1 cm³/mol. The minimum atomic E-state index is -0.687. The number of hydrogen-bond acceptors (Lipinski definition) is 1. The molecule has 2 heteroatoms. The van der Waals surface area contributed by atoms with Gasteiger partial charge >= 0.3 is 5.97 Å². The summed E-state index contributed by atoms with van der Waals surface area (Å²) in [5, 5.41) is 8.58. The lowest BCUT2D eigenvalue weighted by molar-refractivity contribution is -0.137. The molecule has 1 aliphatic rings. The smallest absolute Gasteiger partial charge is 0.303 e. The molecule has 1 rings (SSSR count). The highest BCUT2D eigenvalue weighted by molar-refractivity contribution is 5.66. The zero-order valence-electron chi connectivity index (χ0n) is 9.34. The Labute approximate surface area is 86.0 Å². The molecule has 0 aromatic rings. The van der Waals surface area contributed by atoms with E-state index in [2.05, 4.69) is 32.9 Å². The molecule has 0 aliphatic heterocycles. The lowest BCUT2D eigenvalue weighted by Crippen LogP contribution is -2.29. The van der Waals surface area contributed by atoms with E-state index in [1.807, 2.05) is 0 Å². The second-order valence-electron chi connectivity index (χ2n) is 5.16. The van der Waals surface area contributed by atoms with E-state index in [0.29, 0.717) is 6.42 Å². The predicted octanol–water partition coefficient (Wildman–Crippen LogP) is 3.23. The fourth-order valence-electron chi connectivity index (χ4n) is 2.10. The lowest BCUT2D eigenvalue weighted by Gasteiger charge is -2.38. The van der Waals surface area contributed by atoms with E-state index >= 15 is 0 Å². The fourth-order valence-corrected chi connectivity index (χ4v) is 2.10. The molecule has 0 amide bonds. The first-order chi connectivity index (χ1) is 6.37. The van der Waals surface area contributed by atoms with Crippen LogP contribution in [0.25, 0.3) is 0 Å². The zero-order chi connectivity index (χ0) is 10.8. The number of aliphatic carboxylic acids is 1. The molecular formula is C12H20O2. The van der Waals surface area contributed by atoms with Crippen LogP contribution < -0.4 is 0 Å². The van der Waals surface area contributed by atoms with Crippen molar-refractivity contribution in [2.24, 2.45) is 10.8 Å². The summed E-state index contributed by atoms with van der Waals surface area (Å²) in [4.78, 5) is 10.4. The second kappa shape index (κ2) is 3.76. The maximum absolute atomic E-state index is 10.4. The van der Waals surface area contributed by atoms with E-state index in [4.69, 9.17) is 5.11 Å². The number of rotatable bonds is 4. The van der Waals surface area contributed by atoms with Gasteiger partial charge in [0.05, 0.1) is 0 Å². The minimum Gasteiger partial charge on any atom is -0.481 e. The van der Waals surface area contributed by atoms with E-state index < -0.39 is 5.97 Å². The van der Waals surface area contributed by atoms with E-state index in [1.54, 1.807) is 0 Å². The molecular weight excluding hydrogens is 176 g/mol. The Bertz CT molecular complexity index is 253. The maximum atomic E-state index is 10.4. The number of carboxylic acids is 1. The van der Waals surface area contributed by atoms with Crippen molar-refractivity contribution in [1.29, 1.82) is 0 Å². The van der Waals surface area contributed by atoms with Crippen molar-refractivity contribution < 1.29 is 9.90 Å². The summed E-state index contributed by atoms with van der Waals surface area (Å²) in [7, 11) is 0. The van der Waals surface area contributed by atoms with Gasteiger partial charge in [0, 0.05) is 6.42 Å². The highest BCUT2D eigenvalue weighted by atomic mass is 16.4. The van der Waals surface area contributed by atoms with Crippen LogP contribution >= 0.6 is 0 Å². The Morgan fingerprint density at radius 3 is 2.50 bits per heavy atom. The van der Waals surface area contributed by atoms with Crippen molar-refractivity contribution in [2.45, 2.75) is 46.5 Å². The van der Waals surface area contributed by atoms with E-state index in [1.165, 1.54) is 0 Å². The topological polar surface area (TPSA) is 37.3 Å². The highest BCUT2D eigenvalue weighted by Crippen LogP contribution is 2.50. The Morgan fingerprint density at radius 1 is 1.43 bits per heavy atom. The number of carboxylic acid groups (broad SMARTS) is 1. The molecule has 0 aromatic heterocycles. The Kier molecular flexibility index (Phi) is 3.03. The van der Waals surface area contributed by atoms with Gasteiger partial charge in [-0.1, -0.05) is 32.9 Å². The third-order valence-electron chi connectivity index (χ3n) is 3.75. The fraction of sp³-hybridized carbons (Fsp3) is 0.750. The minimum absolute atomic E-state index is 0.183. The maximum Gasteiger partial charge on any atom is 0.303 e. The monoisotopic (exact) mass is 196 g/mol. The molecule has 2 nitrogen and oxygen atoms in total. The summed E-state index contributed by atoms with van der Waals surface area (Å²) in [5.74, 6) is -0.687. The first kappa shape index (κ1) is 11.3. The molecule has 1 N–H and O–H groups in total. The van der Waals surface area contributed by atoms with Crippen LogP contribution in [0.3, 0.4) is 0 Å². The van der Waals surface area contributed by atoms with Crippen LogP contribution in [0, 0.1) is 10.8 Å². The summed E-state index contributed by atoms with van der Waals surface area (Å²) in [5.41, 5.74) is 0.466. The Hall–Kier alpha value is -0.790. The van der Waals surface area contributed by atoms with Gasteiger partial charge in [-0.25, -0.2) is 0 Å². The van der Waals surface area contributed by atoms with Gasteiger partial charge in [-0.3, -0.25) is 4.79 Å². The van der Waals surface area contributed by atoms with Crippen LogP contribution in [-0.4, -0.2) is 11.1 Å². The van der Waals surface area contributed by atoms with E-state index in [-0.39, 0.29) is 10.8 Å². The van der Waals surface area contributed by atoms with Gasteiger partial charge in [-0.2, -0.15) is 0 Å². The van der Waals surface area contributed by atoms with Crippen LogP contribution in [0.2, 0.25) is 0 Å². The molecule has 0 fully saturated rings. The molecule has 0 bridgehead atoms. The summed E-state index contributed by atoms with van der Waals surface area (Å²) in [6, 6.07) is 0. The Balaban J connectivity index is 2.50. The normalized spacial score (nSPS) is 29.4. The number of hydrogen-bond donors (Lipinski definition) is 1. The molecule has 1 aliphatic carbocycles. The van der Waals surface area contributed by atoms with Gasteiger partial charge in [0.15, 0.2) is 0 Å². The van der Waals surface area contributed by atoms with Gasteiger partial charge in [0.25, 0.3) is 0 Å². The standard InChI is InChI=1S/C12H20O2/c1-11(2)7-5-9-12(11,3)8-4-6-10(13)14/h5,9H,4,6-8H2,1-3H3,(H,13,14). The molecule has 0 saturated heterocycles. The first-order valence-electron chi connectivity index (χ1n) is 5.27. The summed E-state index contributed by atoms with van der Waals surface area (Å²) < 4.78 is 0. The van der Waals surface area contributed by atoms with Crippen molar-refractivity contribution in [3.8, 4) is 0 Å². The lowest BCUT2D eigenvalue weighted by atomic mass is 9.66. The number of allylic oxidation sites excluding steroid dienone is 2. The van der Waals surface area contributed by atoms with Gasteiger partial charge < -0.3 is 5.11 Å². The molecule has 0 saturated carbocycles. The summed E-state index contributed by atoms with van der Waals surface area (Å²) in [6.07, 6.45) is 7.63. The van der Waals surface area contributed by atoms with Crippen molar-refractivity contribution >= 4 is 5.97 Å². The van der Waals surface area contributed by atoms with Crippen molar-refractivity contribution in [3.63, 3.8) is 0 Å². The van der Waals surface area contributed by atoms with Crippen LogP contribution in [0.15, 0.2) is 12.2 Å². The van der Waals surface area contributed by atoms with Crippen LogP contribution in [0.1, 0.15) is 46.5 Å². The van der Waals surface area contributed by atoms with Crippen molar-refractivity contribution in [3.05, 3.63) is 12.2 Å². The van der Waals surface area contributed by atoms with Crippen molar-refractivity contribution in [1.82, 2.24) is 0 Å². The number of carbonyl (C=O) groups is 1. The average molecular weight is 196 g/mol. The van der Waals surface area contributed by atoms with Crippen LogP contribution in [0.4, 0.5) is 0 Å². The molecule has 0 aromatic carbocycles. The molecule has 1 atom stereocenters. The largest absolute Gasteiger partial charge is 0.481 e. The summed E-state index contributed by atoms with van der Waals surface area (Å²) in [6.45, 7) is 6.75. The second-order valence-corrected chi connectivity index (χ2v) is 5.16.